The SMILES string of the molecule is Cl.O=C(CN1CCC2CCC(C1)N2)Nc1cc(F)cc(F)c1. The quantitative estimate of drug-likeness (QED) is 0.892. The first-order valence-electron chi connectivity index (χ1n) is 7.33. The minimum atomic E-state index is -0.693. The van der Waals surface area contributed by atoms with E-state index >= 15 is 0 Å². The second kappa shape index (κ2) is 7.35. The van der Waals surface area contributed by atoms with Gasteiger partial charge < -0.3 is 10.6 Å². The molecule has 0 aliphatic carbocycles. The molecule has 2 aliphatic heterocycles. The number of anilines is 1. The molecule has 2 saturated heterocycles. The molecule has 1 amide bonds. The van der Waals surface area contributed by atoms with Gasteiger partial charge in [-0.1, -0.05) is 0 Å². The number of halogens is 3. The summed E-state index contributed by atoms with van der Waals surface area (Å²) in [6.07, 6.45) is 3.41. The van der Waals surface area contributed by atoms with E-state index in [9.17, 15) is 13.6 Å². The van der Waals surface area contributed by atoms with Crippen LogP contribution in [0.25, 0.3) is 0 Å². The van der Waals surface area contributed by atoms with Crippen molar-refractivity contribution in [3.8, 4) is 0 Å². The average Bonchev–Trinajstić information content (AvgIpc) is 2.71. The second-order valence-corrected chi connectivity index (χ2v) is 5.87. The van der Waals surface area contributed by atoms with Crippen LogP contribution < -0.4 is 10.6 Å². The van der Waals surface area contributed by atoms with Crippen molar-refractivity contribution >= 4 is 24.0 Å². The number of fused-ring (bicyclic) bond motifs is 2. The van der Waals surface area contributed by atoms with Crippen LogP contribution in [0.15, 0.2) is 18.2 Å². The fraction of sp³-hybridized carbons (Fsp3) is 0.533. The van der Waals surface area contributed by atoms with Crippen molar-refractivity contribution in [2.45, 2.75) is 31.3 Å². The number of nitrogens with one attached hydrogen (secondary N) is 2. The van der Waals surface area contributed by atoms with Gasteiger partial charge in [0.2, 0.25) is 5.91 Å². The van der Waals surface area contributed by atoms with Crippen LogP contribution in [0, 0.1) is 11.6 Å². The van der Waals surface area contributed by atoms with Gasteiger partial charge in [0.25, 0.3) is 0 Å². The van der Waals surface area contributed by atoms with E-state index in [1.165, 1.54) is 6.42 Å². The summed E-state index contributed by atoms with van der Waals surface area (Å²) in [5, 5.41) is 6.10. The maximum absolute atomic E-state index is 13.1. The van der Waals surface area contributed by atoms with Gasteiger partial charge in [-0.2, -0.15) is 0 Å². The van der Waals surface area contributed by atoms with Crippen LogP contribution >= 0.6 is 12.4 Å². The second-order valence-electron chi connectivity index (χ2n) is 5.87. The first kappa shape index (κ1) is 17.1. The molecule has 0 radical (unpaired) electrons. The molecule has 2 heterocycles. The Labute approximate surface area is 134 Å². The number of benzene rings is 1. The maximum Gasteiger partial charge on any atom is 0.238 e. The van der Waals surface area contributed by atoms with Crippen molar-refractivity contribution in [3.63, 3.8) is 0 Å². The molecule has 2 unspecified atom stereocenters. The smallest absolute Gasteiger partial charge is 0.238 e. The van der Waals surface area contributed by atoms with E-state index in [0.29, 0.717) is 12.1 Å². The van der Waals surface area contributed by atoms with Crippen LogP contribution in [-0.4, -0.2) is 42.5 Å². The highest BCUT2D eigenvalue weighted by Gasteiger charge is 2.29. The van der Waals surface area contributed by atoms with Crippen LogP contribution in [0.4, 0.5) is 14.5 Å². The number of likely N-dealkylation sites (tertiary alicyclic amines) is 1. The van der Waals surface area contributed by atoms with Crippen molar-refractivity contribution in [2.75, 3.05) is 25.0 Å². The van der Waals surface area contributed by atoms with E-state index in [2.05, 4.69) is 15.5 Å². The Hall–Kier alpha value is -1.24. The summed E-state index contributed by atoms with van der Waals surface area (Å²) in [4.78, 5) is 14.1. The van der Waals surface area contributed by atoms with Crippen LogP contribution in [0.1, 0.15) is 19.3 Å². The lowest BCUT2D eigenvalue weighted by Gasteiger charge is -2.23. The minimum Gasteiger partial charge on any atom is -0.325 e. The van der Waals surface area contributed by atoms with E-state index in [1.807, 2.05) is 0 Å². The Bertz CT molecular complexity index is 523. The molecule has 0 spiro atoms. The lowest BCUT2D eigenvalue weighted by molar-refractivity contribution is -0.117. The van der Waals surface area contributed by atoms with Crippen LogP contribution in [0.5, 0.6) is 0 Å². The van der Waals surface area contributed by atoms with Crippen molar-refractivity contribution in [1.29, 1.82) is 0 Å². The molecule has 122 valence electrons. The monoisotopic (exact) mass is 331 g/mol. The van der Waals surface area contributed by atoms with Gasteiger partial charge in [0, 0.05) is 36.9 Å². The third-order valence-electron chi connectivity index (χ3n) is 4.12. The van der Waals surface area contributed by atoms with E-state index in [-0.39, 0.29) is 30.5 Å². The summed E-state index contributed by atoms with van der Waals surface area (Å²) < 4.78 is 26.2. The van der Waals surface area contributed by atoms with E-state index < -0.39 is 11.6 Å². The number of nitrogens with zero attached hydrogens (tertiary/aromatic N) is 1. The molecule has 0 aromatic heterocycles. The first-order valence-corrected chi connectivity index (χ1v) is 7.33. The molecule has 22 heavy (non-hydrogen) atoms. The minimum absolute atomic E-state index is 0. The number of carbonyl (C=O) groups is 1. The number of amides is 1. The van der Waals surface area contributed by atoms with Crippen LogP contribution in [0.3, 0.4) is 0 Å². The lowest BCUT2D eigenvalue weighted by atomic mass is 10.1. The summed E-state index contributed by atoms with van der Waals surface area (Å²) in [6.45, 7) is 1.98. The van der Waals surface area contributed by atoms with Gasteiger partial charge in [-0.25, -0.2) is 8.78 Å². The number of rotatable bonds is 3. The molecule has 0 saturated carbocycles. The zero-order valence-electron chi connectivity index (χ0n) is 12.1. The first-order chi connectivity index (χ1) is 10.1. The van der Waals surface area contributed by atoms with E-state index in [1.54, 1.807) is 0 Å². The average molecular weight is 332 g/mol. The predicted molar refractivity (Wildman–Crippen MR) is 83.2 cm³/mol. The third kappa shape index (κ3) is 4.38. The largest absolute Gasteiger partial charge is 0.325 e. The lowest BCUT2D eigenvalue weighted by Crippen LogP contribution is -2.39. The maximum atomic E-state index is 13.1. The van der Waals surface area contributed by atoms with Gasteiger partial charge in [-0.15, -0.1) is 12.4 Å². The van der Waals surface area contributed by atoms with Crippen molar-refractivity contribution < 1.29 is 13.6 Å². The van der Waals surface area contributed by atoms with Gasteiger partial charge in [0.15, 0.2) is 0 Å². The molecule has 2 atom stereocenters. The molecule has 2 fully saturated rings. The highest BCUT2D eigenvalue weighted by Crippen LogP contribution is 2.20. The fourth-order valence-electron chi connectivity index (χ4n) is 3.19. The molecular formula is C15H20ClF2N3O. The van der Waals surface area contributed by atoms with Gasteiger partial charge in [-0.05, 0) is 31.4 Å². The van der Waals surface area contributed by atoms with Gasteiger partial charge in [0.05, 0.1) is 6.54 Å². The Morgan fingerprint density at radius 2 is 1.86 bits per heavy atom. The highest BCUT2D eigenvalue weighted by atomic mass is 35.5. The number of hydrogen-bond acceptors (Lipinski definition) is 3. The molecule has 1 aromatic carbocycles. The normalized spacial score (nSPS) is 24.5. The Morgan fingerprint density at radius 1 is 1.18 bits per heavy atom. The van der Waals surface area contributed by atoms with Crippen molar-refractivity contribution in [1.82, 2.24) is 10.2 Å². The van der Waals surface area contributed by atoms with E-state index in [0.717, 1.165) is 44.1 Å². The van der Waals surface area contributed by atoms with Crippen LogP contribution in [-0.2, 0) is 4.79 Å². The Morgan fingerprint density at radius 3 is 2.59 bits per heavy atom. The Kier molecular flexibility index (Phi) is 5.72. The van der Waals surface area contributed by atoms with Gasteiger partial charge >= 0.3 is 0 Å². The van der Waals surface area contributed by atoms with Gasteiger partial charge in [-0.3, -0.25) is 9.69 Å². The zero-order chi connectivity index (χ0) is 14.8. The number of hydrogen-bond donors (Lipinski definition) is 2. The fourth-order valence-corrected chi connectivity index (χ4v) is 3.19. The highest BCUT2D eigenvalue weighted by molar-refractivity contribution is 5.92. The summed E-state index contributed by atoms with van der Waals surface area (Å²) in [5.41, 5.74) is 0.159. The van der Waals surface area contributed by atoms with Crippen molar-refractivity contribution in [2.24, 2.45) is 0 Å². The standard InChI is InChI=1S/C15H19F2N3O.ClH/c16-10-5-11(17)7-14(6-10)19-15(21)9-20-4-3-12-1-2-13(8-20)18-12;/h5-7,12-13,18H,1-4,8-9H2,(H,19,21);1H. The molecule has 4 nitrogen and oxygen atoms in total. The molecule has 2 bridgehead atoms. The van der Waals surface area contributed by atoms with Crippen molar-refractivity contribution in [3.05, 3.63) is 29.8 Å². The van der Waals surface area contributed by atoms with Crippen LogP contribution in [0.2, 0.25) is 0 Å². The summed E-state index contributed by atoms with van der Waals surface area (Å²) in [5.74, 6) is -1.62. The topological polar surface area (TPSA) is 44.4 Å². The molecule has 2 N–H and O–H groups in total. The molecule has 2 aliphatic rings. The third-order valence-corrected chi connectivity index (χ3v) is 4.12. The summed E-state index contributed by atoms with van der Waals surface area (Å²) >= 11 is 0. The molecule has 1 aromatic rings. The molecule has 7 heteroatoms. The van der Waals surface area contributed by atoms with E-state index in [4.69, 9.17) is 0 Å². The Balaban J connectivity index is 0.00000176. The molecule has 3 rings (SSSR count). The predicted octanol–water partition coefficient (Wildman–Crippen LogP) is 2.15. The summed E-state index contributed by atoms with van der Waals surface area (Å²) in [6, 6.07) is 4.05. The summed E-state index contributed by atoms with van der Waals surface area (Å²) in [7, 11) is 0. The number of carbonyl (C=O) groups excluding carboxylic acids is 1. The van der Waals surface area contributed by atoms with Gasteiger partial charge in [0.1, 0.15) is 11.6 Å². The zero-order valence-corrected chi connectivity index (χ0v) is 13.0. The molecular weight excluding hydrogens is 312 g/mol.